The van der Waals surface area contributed by atoms with Crippen molar-refractivity contribution in [3.63, 3.8) is 0 Å². The third kappa shape index (κ3) is 5.31. The molecule has 0 radical (unpaired) electrons. The van der Waals surface area contributed by atoms with E-state index in [1.54, 1.807) is 0 Å². The lowest BCUT2D eigenvalue weighted by Crippen LogP contribution is -2.17. The normalized spacial score (nSPS) is 13.0. The van der Waals surface area contributed by atoms with Crippen molar-refractivity contribution < 1.29 is 4.42 Å². The summed E-state index contributed by atoms with van der Waals surface area (Å²) in [6.07, 6.45) is 0. The predicted molar refractivity (Wildman–Crippen MR) is 267 cm³/mol. The van der Waals surface area contributed by atoms with Crippen LogP contribution in [0, 0.1) is 0 Å². The molecule has 1 aromatic heterocycles. The maximum atomic E-state index is 6.68. The molecule has 0 atom stereocenters. The van der Waals surface area contributed by atoms with Crippen molar-refractivity contribution >= 4 is 82.1 Å². The van der Waals surface area contributed by atoms with Gasteiger partial charge in [-0.15, -0.1) is 0 Å². The molecule has 63 heavy (non-hydrogen) atoms. The van der Waals surface area contributed by atoms with E-state index < -0.39 is 0 Å². The molecule has 1 aliphatic carbocycles. The highest BCUT2D eigenvalue weighted by Gasteiger charge is 2.36. The number of fused-ring (bicyclic) bond motifs is 13. The molecule has 11 aromatic carbocycles. The minimum Gasteiger partial charge on any atom is -0.456 e. The summed E-state index contributed by atoms with van der Waals surface area (Å²) < 4.78 is 6.68. The first-order valence-electron chi connectivity index (χ1n) is 21.9. The van der Waals surface area contributed by atoms with E-state index in [9.17, 15) is 0 Å². The lowest BCUT2D eigenvalue weighted by molar-refractivity contribution is 0.660. The molecule has 0 unspecified atom stereocenters. The van der Waals surface area contributed by atoms with Crippen LogP contribution in [0.4, 0.5) is 17.1 Å². The lowest BCUT2D eigenvalue weighted by Gasteiger charge is -2.32. The predicted octanol–water partition coefficient (Wildman–Crippen LogP) is 17.3. The van der Waals surface area contributed by atoms with Crippen LogP contribution in [0.2, 0.25) is 0 Å². The number of benzene rings is 11. The molecular formula is C61H41NO. The summed E-state index contributed by atoms with van der Waals surface area (Å²) in [5.41, 5.74) is 14.8. The fourth-order valence-electron chi connectivity index (χ4n) is 10.8. The van der Waals surface area contributed by atoms with E-state index in [1.807, 2.05) is 6.07 Å². The van der Waals surface area contributed by atoms with Crippen LogP contribution < -0.4 is 4.90 Å². The second-order valence-electron chi connectivity index (χ2n) is 17.6. The Labute approximate surface area is 365 Å². The Morgan fingerprint density at radius 3 is 1.70 bits per heavy atom. The smallest absolute Gasteiger partial charge is 0.137 e. The number of furan rings is 1. The summed E-state index contributed by atoms with van der Waals surface area (Å²) in [6.45, 7) is 4.74. The van der Waals surface area contributed by atoms with Crippen molar-refractivity contribution in [3.8, 4) is 33.4 Å². The monoisotopic (exact) mass is 803 g/mol. The van der Waals surface area contributed by atoms with Gasteiger partial charge in [0.15, 0.2) is 0 Å². The van der Waals surface area contributed by atoms with Crippen LogP contribution in [0.15, 0.2) is 217 Å². The van der Waals surface area contributed by atoms with Gasteiger partial charge in [-0.1, -0.05) is 184 Å². The van der Waals surface area contributed by atoms with Crippen molar-refractivity contribution in [2.45, 2.75) is 19.3 Å². The molecule has 13 rings (SSSR count). The molecule has 0 fully saturated rings. The van der Waals surface area contributed by atoms with Crippen LogP contribution in [0.3, 0.4) is 0 Å². The van der Waals surface area contributed by atoms with E-state index in [1.165, 1.54) is 82.0 Å². The number of nitrogens with zero attached hydrogens (tertiary/aromatic N) is 1. The van der Waals surface area contributed by atoms with E-state index in [4.69, 9.17) is 4.42 Å². The van der Waals surface area contributed by atoms with Crippen LogP contribution in [0.1, 0.15) is 25.0 Å². The minimum atomic E-state index is -0.191. The Bertz CT molecular complexity index is 3810. The summed E-state index contributed by atoms with van der Waals surface area (Å²) in [5.74, 6) is 0. The zero-order chi connectivity index (χ0) is 41.8. The highest BCUT2D eigenvalue weighted by molar-refractivity contribution is 6.30. The molecule has 0 spiro atoms. The average Bonchev–Trinajstić information content (AvgIpc) is 3.82. The number of hydrogen-bond acceptors (Lipinski definition) is 2. The summed E-state index contributed by atoms with van der Waals surface area (Å²) in [6, 6.07) is 78.3. The zero-order valence-electron chi connectivity index (χ0n) is 35.1. The van der Waals surface area contributed by atoms with Crippen molar-refractivity contribution in [1.82, 2.24) is 0 Å². The molecule has 0 saturated heterocycles. The van der Waals surface area contributed by atoms with Gasteiger partial charge in [0.05, 0.1) is 5.69 Å². The van der Waals surface area contributed by atoms with Gasteiger partial charge in [0.2, 0.25) is 0 Å². The van der Waals surface area contributed by atoms with Crippen molar-refractivity contribution in [3.05, 3.63) is 223 Å². The highest BCUT2D eigenvalue weighted by atomic mass is 16.3. The largest absolute Gasteiger partial charge is 0.456 e. The number of rotatable bonds is 5. The second kappa shape index (κ2) is 13.5. The average molecular weight is 804 g/mol. The molecule has 2 nitrogen and oxygen atoms in total. The van der Waals surface area contributed by atoms with Gasteiger partial charge in [-0.25, -0.2) is 0 Å². The molecule has 0 bridgehead atoms. The molecule has 2 heteroatoms. The SMILES string of the molecule is CC1(C)c2ccccc2-c2ccc(N(c3ccc4c(c3)oc3ccccc34)c3c(-c4ccccc4-c4ccc5ccccc5c4)ccc4c5ccccc5c5ccccc5c34)cc21. The van der Waals surface area contributed by atoms with Gasteiger partial charge in [-0.05, 0) is 113 Å². The van der Waals surface area contributed by atoms with Gasteiger partial charge in [-0.3, -0.25) is 0 Å². The first-order chi connectivity index (χ1) is 31.0. The molecule has 0 amide bonds. The highest BCUT2D eigenvalue weighted by Crippen LogP contribution is 2.54. The van der Waals surface area contributed by atoms with Gasteiger partial charge in [0, 0.05) is 44.6 Å². The van der Waals surface area contributed by atoms with Crippen LogP contribution in [-0.2, 0) is 5.41 Å². The van der Waals surface area contributed by atoms with Crippen molar-refractivity contribution in [2.75, 3.05) is 4.90 Å². The number of anilines is 3. The van der Waals surface area contributed by atoms with Gasteiger partial charge in [-0.2, -0.15) is 0 Å². The Kier molecular flexibility index (Phi) is 7.68. The fourth-order valence-corrected chi connectivity index (χ4v) is 10.8. The summed E-state index contributed by atoms with van der Waals surface area (Å²) in [7, 11) is 0. The molecular weight excluding hydrogens is 763 g/mol. The molecule has 296 valence electrons. The topological polar surface area (TPSA) is 16.4 Å². The molecule has 1 aliphatic rings. The Morgan fingerprint density at radius 1 is 0.349 bits per heavy atom. The molecule has 1 heterocycles. The molecule has 0 aliphatic heterocycles. The molecule has 12 aromatic rings. The van der Waals surface area contributed by atoms with Gasteiger partial charge in [0.1, 0.15) is 11.2 Å². The van der Waals surface area contributed by atoms with E-state index in [0.717, 1.165) is 44.6 Å². The maximum Gasteiger partial charge on any atom is 0.137 e. The summed E-state index contributed by atoms with van der Waals surface area (Å²) in [4.78, 5) is 2.53. The van der Waals surface area contributed by atoms with Crippen LogP contribution in [-0.4, -0.2) is 0 Å². The minimum absolute atomic E-state index is 0.191. The maximum absolute atomic E-state index is 6.68. The quantitative estimate of drug-likeness (QED) is 0.161. The van der Waals surface area contributed by atoms with Gasteiger partial charge < -0.3 is 9.32 Å². The van der Waals surface area contributed by atoms with E-state index in [0.29, 0.717) is 0 Å². The Balaban J connectivity index is 1.18. The first-order valence-corrected chi connectivity index (χ1v) is 21.9. The van der Waals surface area contributed by atoms with Crippen LogP contribution in [0.25, 0.3) is 98.4 Å². The Morgan fingerprint density at radius 2 is 0.889 bits per heavy atom. The zero-order valence-corrected chi connectivity index (χ0v) is 35.1. The molecule has 0 saturated carbocycles. The second-order valence-corrected chi connectivity index (χ2v) is 17.6. The van der Waals surface area contributed by atoms with Crippen LogP contribution in [0.5, 0.6) is 0 Å². The number of para-hydroxylation sites is 1. The standard InChI is InChI=1S/C61H41NO/c1-61(2)55-25-13-11-22-48(55)49-31-29-41(36-56(49)61)62(42-30-32-51-50-23-12-14-26-57(50)63-58(51)37-42)60-54(44-18-6-5-17-43(44)40-28-27-38-15-3-4-16-39(38)35-40)34-33-53-47-21-8-7-19-45(47)46-20-9-10-24-52(46)59(53)60/h3-37H,1-2H3. The number of hydrogen-bond donors (Lipinski definition) is 0. The summed E-state index contributed by atoms with van der Waals surface area (Å²) >= 11 is 0. The lowest BCUT2D eigenvalue weighted by atomic mass is 9.82. The van der Waals surface area contributed by atoms with Gasteiger partial charge >= 0.3 is 0 Å². The van der Waals surface area contributed by atoms with E-state index >= 15 is 0 Å². The van der Waals surface area contributed by atoms with Crippen molar-refractivity contribution in [2.24, 2.45) is 0 Å². The third-order valence-corrected chi connectivity index (χ3v) is 13.8. The molecule has 0 N–H and O–H groups in total. The summed E-state index contributed by atoms with van der Waals surface area (Å²) in [5, 5.41) is 12.1. The van der Waals surface area contributed by atoms with Gasteiger partial charge in [0.25, 0.3) is 0 Å². The van der Waals surface area contributed by atoms with E-state index in [2.05, 4.69) is 225 Å². The first kappa shape index (κ1) is 35.8. The third-order valence-electron chi connectivity index (χ3n) is 13.8. The van der Waals surface area contributed by atoms with Crippen molar-refractivity contribution in [1.29, 1.82) is 0 Å². The Hall–Kier alpha value is -7.94. The fraction of sp³-hybridized carbons (Fsp3) is 0.0492. The van der Waals surface area contributed by atoms with E-state index in [-0.39, 0.29) is 5.41 Å². The van der Waals surface area contributed by atoms with Crippen LogP contribution >= 0.6 is 0 Å².